The Morgan fingerprint density at radius 2 is 2.07 bits per heavy atom. The number of aromatic nitrogens is 5. The maximum atomic E-state index is 13.0. The van der Waals surface area contributed by atoms with E-state index in [1.807, 2.05) is 4.57 Å². The molecular weight excluding hydrogens is 371 g/mol. The van der Waals surface area contributed by atoms with Gasteiger partial charge in [-0.15, -0.1) is 10.2 Å². The zero-order valence-electron chi connectivity index (χ0n) is 14.3. The van der Waals surface area contributed by atoms with Crippen molar-refractivity contribution in [1.82, 2.24) is 24.9 Å². The summed E-state index contributed by atoms with van der Waals surface area (Å²) in [5.74, 6) is 1.87. The molecule has 0 bridgehead atoms. The van der Waals surface area contributed by atoms with E-state index in [9.17, 15) is 9.18 Å². The van der Waals surface area contributed by atoms with E-state index in [1.165, 1.54) is 23.9 Å². The molecule has 0 radical (unpaired) electrons. The molecule has 1 saturated carbocycles. The summed E-state index contributed by atoms with van der Waals surface area (Å²) < 4.78 is 20.2. The molecule has 0 saturated heterocycles. The van der Waals surface area contributed by atoms with Crippen molar-refractivity contribution in [1.29, 1.82) is 0 Å². The number of benzene rings is 1. The molecule has 2 heterocycles. The van der Waals surface area contributed by atoms with Gasteiger partial charge in [0.15, 0.2) is 5.16 Å². The van der Waals surface area contributed by atoms with Crippen LogP contribution in [0, 0.1) is 5.82 Å². The van der Waals surface area contributed by atoms with Crippen LogP contribution in [0.25, 0.3) is 11.4 Å². The fourth-order valence-electron chi connectivity index (χ4n) is 2.64. The molecule has 1 fully saturated rings. The minimum Gasteiger partial charge on any atom is -0.370 e. The first kappa shape index (κ1) is 17.7. The number of amides is 1. The lowest BCUT2D eigenvalue weighted by Gasteiger charge is -2.07. The van der Waals surface area contributed by atoms with Gasteiger partial charge in [0.05, 0.1) is 5.75 Å². The largest absolute Gasteiger partial charge is 0.370 e. The highest BCUT2D eigenvalue weighted by molar-refractivity contribution is 7.98. The van der Waals surface area contributed by atoms with E-state index in [2.05, 4.69) is 20.3 Å². The second-order valence-corrected chi connectivity index (χ2v) is 7.23. The fourth-order valence-corrected chi connectivity index (χ4v) is 3.45. The molecular formula is C17H17FN6O2S. The molecule has 3 aromatic rings. The van der Waals surface area contributed by atoms with E-state index >= 15 is 0 Å². The van der Waals surface area contributed by atoms with Crippen LogP contribution in [-0.2, 0) is 17.1 Å². The van der Waals surface area contributed by atoms with E-state index in [-0.39, 0.29) is 18.1 Å². The number of carbonyl (C=O) groups is 1. The predicted octanol–water partition coefficient (Wildman–Crippen LogP) is 2.51. The third-order valence-electron chi connectivity index (χ3n) is 4.17. The number of primary amides is 1. The summed E-state index contributed by atoms with van der Waals surface area (Å²) in [6.07, 6.45) is 2.41. The van der Waals surface area contributed by atoms with Crippen LogP contribution in [0.2, 0.25) is 0 Å². The van der Waals surface area contributed by atoms with Crippen LogP contribution in [0.3, 0.4) is 0 Å². The van der Waals surface area contributed by atoms with Crippen molar-refractivity contribution in [2.45, 2.75) is 42.6 Å². The third kappa shape index (κ3) is 4.16. The van der Waals surface area contributed by atoms with E-state index in [4.69, 9.17) is 10.3 Å². The van der Waals surface area contributed by atoms with E-state index in [1.54, 1.807) is 12.1 Å². The van der Waals surface area contributed by atoms with Gasteiger partial charge in [-0.25, -0.2) is 4.39 Å². The molecule has 4 rings (SSSR count). The number of rotatable bonds is 8. The Balaban J connectivity index is 1.45. The van der Waals surface area contributed by atoms with Crippen molar-refractivity contribution in [3.8, 4) is 11.4 Å². The van der Waals surface area contributed by atoms with Gasteiger partial charge in [-0.05, 0) is 37.1 Å². The van der Waals surface area contributed by atoms with Crippen LogP contribution >= 0.6 is 11.8 Å². The molecule has 1 aromatic carbocycles. The molecule has 0 aliphatic heterocycles. The Bertz CT molecular complexity index is 951. The van der Waals surface area contributed by atoms with Gasteiger partial charge < -0.3 is 14.8 Å². The Hall–Kier alpha value is -2.75. The van der Waals surface area contributed by atoms with Gasteiger partial charge in [-0.2, -0.15) is 4.98 Å². The first-order chi connectivity index (χ1) is 13.1. The maximum Gasteiger partial charge on any atom is 0.237 e. The third-order valence-corrected chi connectivity index (χ3v) is 5.12. The number of hydrogen-bond acceptors (Lipinski definition) is 7. The molecule has 27 heavy (non-hydrogen) atoms. The quantitative estimate of drug-likeness (QED) is 0.590. The Labute approximate surface area is 158 Å². The monoisotopic (exact) mass is 388 g/mol. The van der Waals surface area contributed by atoms with Crippen molar-refractivity contribution in [2.24, 2.45) is 5.73 Å². The Kier molecular flexibility index (Phi) is 4.88. The smallest absolute Gasteiger partial charge is 0.237 e. The standard InChI is InChI=1S/C17H17FN6O2S/c18-12-5-3-10(4-6-12)15-20-14(26-23-15)9-27-17-22-21-16(11-1-2-11)24(17)8-7-13(19)25/h3-6,11H,1-2,7-9H2,(H2,19,25). The minimum absolute atomic E-state index is 0.237. The molecule has 0 spiro atoms. The average Bonchev–Trinajstić information content (AvgIpc) is 3.24. The Morgan fingerprint density at radius 3 is 2.78 bits per heavy atom. The lowest BCUT2D eigenvalue weighted by Crippen LogP contribution is -2.15. The summed E-state index contributed by atoms with van der Waals surface area (Å²) in [6.45, 7) is 0.459. The molecule has 2 N–H and O–H groups in total. The van der Waals surface area contributed by atoms with Gasteiger partial charge in [-0.1, -0.05) is 16.9 Å². The zero-order valence-corrected chi connectivity index (χ0v) is 15.2. The van der Waals surface area contributed by atoms with E-state index in [0.29, 0.717) is 40.7 Å². The van der Waals surface area contributed by atoms with Crippen molar-refractivity contribution in [2.75, 3.05) is 0 Å². The Morgan fingerprint density at radius 1 is 1.30 bits per heavy atom. The molecule has 10 heteroatoms. The van der Waals surface area contributed by atoms with Crippen LogP contribution in [0.5, 0.6) is 0 Å². The van der Waals surface area contributed by atoms with Crippen molar-refractivity contribution in [3.63, 3.8) is 0 Å². The summed E-state index contributed by atoms with van der Waals surface area (Å²) in [7, 11) is 0. The molecule has 2 aromatic heterocycles. The summed E-state index contributed by atoms with van der Waals surface area (Å²) in [5.41, 5.74) is 5.95. The van der Waals surface area contributed by atoms with Gasteiger partial charge in [-0.3, -0.25) is 4.79 Å². The molecule has 0 unspecified atom stereocenters. The number of carbonyl (C=O) groups excluding carboxylic acids is 1. The van der Waals surface area contributed by atoms with Crippen LogP contribution < -0.4 is 5.73 Å². The summed E-state index contributed by atoms with van der Waals surface area (Å²) in [4.78, 5) is 15.5. The van der Waals surface area contributed by atoms with E-state index in [0.717, 1.165) is 18.7 Å². The second-order valence-electron chi connectivity index (χ2n) is 6.29. The minimum atomic E-state index is -0.359. The van der Waals surface area contributed by atoms with Gasteiger partial charge in [0.25, 0.3) is 0 Å². The SMILES string of the molecule is NC(=O)CCn1c(SCc2nc(-c3ccc(F)cc3)no2)nnc1C1CC1. The lowest BCUT2D eigenvalue weighted by atomic mass is 10.2. The van der Waals surface area contributed by atoms with Crippen LogP contribution in [-0.4, -0.2) is 30.8 Å². The summed E-state index contributed by atoms with van der Waals surface area (Å²) in [5, 5.41) is 13.1. The van der Waals surface area contributed by atoms with Gasteiger partial charge in [0, 0.05) is 24.4 Å². The van der Waals surface area contributed by atoms with E-state index < -0.39 is 0 Å². The zero-order chi connectivity index (χ0) is 18.8. The second kappa shape index (κ2) is 7.47. The van der Waals surface area contributed by atoms with Crippen molar-refractivity contribution in [3.05, 3.63) is 41.8 Å². The number of nitrogens with zero attached hydrogens (tertiary/aromatic N) is 5. The topological polar surface area (TPSA) is 113 Å². The average molecular weight is 388 g/mol. The highest BCUT2D eigenvalue weighted by Gasteiger charge is 2.30. The lowest BCUT2D eigenvalue weighted by molar-refractivity contribution is -0.118. The highest BCUT2D eigenvalue weighted by atomic mass is 32.2. The number of hydrogen-bond donors (Lipinski definition) is 1. The fraction of sp³-hybridized carbons (Fsp3) is 0.353. The first-order valence-electron chi connectivity index (χ1n) is 8.53. The van der Waals surface area contributed by atoms with Crippen LogP contribution in [0.1, 0.15) is 36.9 Å². The van der Waals surface area contributed by atoms with Gasteiger partial charge in [0.1, 0.15) is 11.6 Å². The summed E-state index contributed by atoms with van der Waals surface area (Å²) in [6, 6.07) is 5.89. The van der Waals surface area contributed by atoms with Crippen molar-refractivity contribution >= 4 is 17.7 Å². The predicted molar refractivity (Wildman–Crippen MR) is 95.1 cm³/mol. The van der Waals surface area contributed by atoms with Crippen LogP contribution in [0.4, 0.5) is 4.39 Å². The summed E-state index contributed by atoms with van der Waals surface area (Å²) >= 11 is 1.41. The maximum absolute atomic E-state index is 13.0. The van der Waals surface area contributed by atoms with Gasteiger partial charge in [0.2, 0.25) is 17.6 Å². The molecule has 8 nitrogen and oxygen atoms in total. The van der Waals surface area contributed by atoms with Gasteiger partial charge >= 0.3 is 0 Å². The van der Waals surface area contributed by atoms with Crippen LogP contribution in [0.15, 0.2) is 33.9 Å². The normalized spacial score (nSPS) is 13.8. The highest BCUT2D eigenvalue weighted by Crippen LogP contribution is 2.40. The number of halogens is 1. The first-order valence-corrected chi connectivity index (χ1v) is 9.51. The number of nitrogens with two attached hydrogens (primary N) is 1. The van der Waals surface area contributed by atoms with Crippen molar-refractivity contribution < 1.29 is 13.7 Å². The number of thioether (sulfide) groups is 1. The molecule has 140 valence electrons. The molecule has 1 aliphatic rings. The molecule has 1 amide bonds. The molecule has 0 atom stereocenters. The molecule has 1 aliphatic carbocycles.